The van der Waals surface area contributed by atoms with Crippen molar-refractivity contribution in [1.82, 2.24) is 4.90 Å². The van der Waals surface area contributed by atoms with Crippen molar-refractivity contribution in [2.24, 2.45) is 5.92 Å². The minimum Gasteiger partial charge on any atom is -0.490 e. The number of nitrogens with zero attached hydrogens (tertiary/aromatic N) is 1. The highest BCUT2D eigenvalue weighted by molar-refractivity contribution is 7.18. The first-order valence-electron chi connectivity index (χ1n) is 10.9. The first-order chi connectivity index (χ1) is 15.4. The third kappa shape index (κ3) is 5.29. The summed E-state index contributed by atoms with van der Waals surface area (Å²) < 4.78 is 5.89. The molecule has 0 aliphatic heterocycles. The van der Waals surface area contributed by atoms with E-state index < -0.39 is 6.10 Å². The number of benzene rings is 2. The molecule has 0 saturated heterocycles. The number of hydrogen-bond acceptors (Lipinski definition) is 5. The second-order valence-corrected chi connectivity index (χ2v) is 9.50. The van der Waals surface area contributed by atoms with Gasteiger partial charge in [0.1, 0.15) is 18.5 Å². The van der Waals surface area contributed by atoms with Gasteiger partial charge >= 0.3 is 0 Å². The van der Waals surface area contributed by atoms with Gasteiger partial charge in [-0.1, -0.05) is 36.4 Å². The smallest absolute Gasteiger partial charge is 0.264 e. The van der Waals surface area contributed by atoms with Crippen LogP contribution in [0.1, 0.15) is 36.4 Å². The van der Waals surface area contributed by atoms with Gasteiger partial charge in [-0.15, -0.1) is 11.3 Å². The number of carbonyl (C=O) groups excluding carboxylic acids is 2. The predicted molar refractivity (Wildman–Crippen MR) is 127 cm³/mol. The number of anilines is 1. The summed E-state index contributed by atoms with van der Waals surface area (Å²) in [4.78, 5) is 27.2. The average Bonchev–Trinajstić information content (AvgIpc) is 3.54. The number of rotatable bonds is 9. The summed E-state index contributed by atoms with van der Waals surface area (Å²) in [7, 11) is 0. The van der Waals surface area contributed by atoms with Gasteiger partial charge in [0.15, 0.2) is 0 Å². The standard InChI is InChI=1S/C25H28N2O4S/c1-16(2)27(25(30)22-12-13-23(32-22)26-24(29)18-10-11-18)14-19(28)15-31-21-9-5-7-17-6-3-4-8-20(17)21/h3-9,12-13,16,18-19,28H,10-11,14-15H2,1-2H3,(H,26,29)/t19-/m1/s1. The van der Waals surface area contributed by atoms with Crippen molar-refractivity contribution in [2.45, 2.75) is 38.8 Å². The zero-order valence-corrected chi connectivity index (χ0v) is 19.1. The fourth-order valence-corrected chi connectivity index (χ4v) is 4.41. The molecule has 0 radical (unpaired) electrons. The van der Waals surface area contributed by atoms with Crippen LogP contribution < -0.4 is 10.1 Å². The lowest BCUT2D eigenvalue weighted by Crippen LogP contribution is -2.43. The van der Waals surface area contributed by atoms with Crippen molar-refractivity contribution >= 4 is 38.9 Å². The van der Waals surface area contributed by atoms with Crippen LogP contribution in [0.2, 0.25) is 0 Å². The highest BCUT2D eigenvalue weighted by Gasteiger charge is 2.30. The molecule has 0 unspecified atom stereocenters. The van der Waals surface area contributed by atoms with Crippen LogP contribution in [0.5, 0.6) is 5.75 Å². The highest BCUT2D eigenvalue weighted by Crippen LogP contribution is 2.32. The molecule has 1 heterocycles. The molecule has 2 amide bonds. The monoisotopic (exact) mass is 452 g/mol. The van der Waals surface area contributed by atoms with Crippen LogP contribution in [-0.4, -0.2) is 47.1 Å². The predicted octanol–water partition coefficient (Wildman–Crippen LogP) is 4.54. The molecule has 0 bridgehead atoms. The molecule has 4 rings (SSSR count). The van der Waals surface area contributed by atoms with Crippen molar-refractivity contribution in [3.63, 3.8) is 0 Å². The summed E-state index contributed by atoms with van der Waals surface area (Å²) in [6.45, 7) is 4.07. The molecule has 6 nitrogen and oxygen atoms in total. The molecule has 7 heteroatoms. The van der Waals surface area contributed by atoms with Crippen molar-refractivity contribution < 1.29 is 19.4 Å². The van der Waals surface area contributed by atoms with E-state index in [2.05, 4.69) is 5.32 Å². The second kappa shape index (κ2) is 9.71. The SMILES string of the molecule is CC(C)N(C[C@@H](O)COc1cccc2ccccc12)C(=O)c1ccc(NC(=O)C2CC2)s1. The molecule has 2 aromatic carbocycles. The average molecular weight is 453 g/mol. The molecule has 3 aromatic rings. The molecule has 1 fully saturated rings. The molecule has 32 heavy (non-hydrogen) atoms. The third-order valence-corrected chi connectivity index (χ3v) is 6.47. The fourth-order valence-electron chi connectivity index (χ4n) is 3.55. The number of aliphatic hydroxyl groups is 1. The summed E-state index contributed by atoms with van der Waals surface area (Å²) in [6, 6.07) is 17.1. The quantitative estimate of drug-likeness (QED) is 0.500. The lowest BCUT2D eigenvalue weighted by Gasteiger charge is -2.28. The molecule has 1 saturated carbocycles. The van der Waals surface area contributed by atoms with Gasteiger partial charge in [-0.25, -0.2) is 0 Å². The third-order valence-electron chi connectivity index (χ3n) is 5.48. The zero-order chi connectivity index (χ0) is 22.7. The lowest BCUT2D eigenvalue weighted by atomic mass is 10.1. The number of amides is 2. The Bertz CT molecular complexity index is 1100. The summed E-state index contributed by atoms with van der Waals surface area (Å²) in [5.74, 6) is 0.674. The van der Waals surface area contributed by atoms with E-state index in [1.807, 2.05) is 56.3 Å². The van der Waals surface area contributed by atoms with E-state index in [1.54, 1.807) is 17.0 Å². The molecular weight excluding hydrogens is 424 g/mol. The van der Waals surface area contributed by atoms with Crippen LogP contribution in [0.3, 0.4) is 0 Å². The Balaban J connectivity index is 1.37. The van der Waals surface area contributed by atoms with Gasteiger partial charge < -0.3 is 20.1 Å². The van der Waals surface area contributed by atoms with Crippen LogP contribution in [0.4, 0.5) is 5.00 Å². The van der Waals surface area contributed by atoms with Crippen molar-refractivity contribution in [1.29, 1.82) is 0 Å². The van der Waals surface area contributed by atoms with E-state index in [0.717, 1.165) is 23.6 Å². The molecular formula is C25H28N2O4S. The minimum absolute atomic E-state index is 0.0209. The van der Waals surface area contributed by atoms with Gasteiger partial charge in [-0.05, 0) is 50.3 Å². The number of fused-ring (bicyclic) bond motifs is 1. The second-order valence-electron chi connectivity index (χ2n) is 8.42. The zero-order valence-electron chi connectivity index (χ0n) is 18.3. The fraction of sp³-hybridized carbons (Fsp3) is 0.360. The topological polar surface area (TPSA) is 78.9 Å². The van der Waals surface area contributed by atoms with E-state index >= 15 is 0 Å². The molecule has 2 N–H and O–H groups in total. The Kier molecular flexibility index (Phi) is 6.77. The Morgan fingerprint density at radius 2 is 1.88 bits per heavy atom. The van der Waals surface area contributed by atoms with Gasteiger partial charge in [-0.2, -0.15) is 0 Å². The molecule has 168 valence electrons. The maximum absolute atomic E-state index is 13.1. The molecule has 1 aromatic heterocycles. The normalized spacial score (nSPS) is 14.4. The van der Waals surface area contributed by atoms with Crippen molar-refractivity contribution in [3.8, 4) is 5.75 Å². The van der Waals surface area contributed by atoms with Gasteiger partial charge in [0, 0.05) is 17.3 Å². The summed E-state index contributed by atoms with van der Waals surface area (Å²) in [5.41, 5.74) is 0. The van der Waals surface area contributed by atoms with Crippen molar-refractivity contribution in [3.05, 3.63) is 59.5 Å². The summed E-state index contributed by atoms with van der Waals surface area (Å²) >= 11 is 1.26. The maximum Gasteiger partial charge on any atom is 0.264 e. The number of aliphatic hydroxyl groups excluding tert-OH is 1. The summed E-state index contributed by atoms with van der Waals surface area (Å²) in [5, 5.41) is 16.2. The van der Waals surface area contributed by atoms with E-state index in [0.29, 0.717) is 15.6 Å². The number of hydrogen-bond donors (Lipinski definition) is 2. The molecule has 1 atom stereocenters. The Hall–Kier alpha value is -2.90. The van der Waals surface area contributed by atoms with Gasteiger partial charge in [-0.3, -0.25) is 9.59 Å². The number of nitrogens with one attached hydrogen (secondary N) is 1. The van der Waals surface area contributed by atoms with Gasteiger partial charge in [0.25, 0.3) is 5.91 Å². The lowest BCUT2D eigenvalue weighted by molar-refractivity contribution is -0.117. The highest BCUT2D eigenvalue weighted by atomic mass is 32.1. The number of carbonyl (C=O) groups is 2. The first-order valence-corrected chi connectivity index (χ1v) is 11.7. The van der Waals surface area contributed by atoms with Crippen LogP contribution >= 0.6 is 11.3 Å². The number of ether oxygens (including phenoxy) is 1. The Morgan fingerprint density at radius 1 is 1.12 bits per heavy atom. The van der Waals surface area contributed by atoms with E-state index in [9.17, 15) is 14.7 Å². The number of thiophene rings is 1. The molecule has 1 aliphatic carbocycles. The molecule has 0 spiro atoms. The van der Waals surface area contributed by atoms with Crippen LogP contribution in [-0.2, 0) is 4.79 Å². The van der Waals surface area contributed by atoms with Gasteiger partial charge in [0.05, 0.1) is 16.4 Å². The molecule has 1 aliphatic rings. The van der Waals surface area contributed by atoms with Crippen molar-refractivity contribution in [2.75, 3.05) is 18.5 Å². The van der Waals surface area contributed by atoms with E-state index in [-0.39, 0.29) is 36.9 Å². The Labute approximate surface area is 191 Å². The van der Waals surface area contributed by atoms with Crippen LogP contribution in [0.15, 0.2) is 54.6 Å². The summed E-state index contributed by atoms with van der Waals surface area (Å²) in [6.07, 6.45) is 1.03. The maximum atomic E-state index is 13.1. The van der Waals surface area contributed by atoms with E-state index in [4.69, 9.17) is 4.74 Å². The van der Waals surface area contributed by atoms with Crippen LogP contribution in [0, 0.1) is 5.92 Å². The Morgan fingerprint density at radius 3 is 2.62 bits per heavy atom. The van der Waals surface area contributed by atoms with E-state index in [1.165, 1.54) is 11.3 Å². The first kappa shape index (κ1) is 22.3. The van der Waals surface area contributed by atoms with Crippen LogP contribution in [0.25, 0.3) is 10.8 Å². The largest absolute Gasteiger partial charge is 0.490 e. The minimum atomic E-state index is -0.839. The van der Waals surface area contributed by atoms with Gasteiger partial charge in [0.2, 0.25) is 5.91 Å².